The molecule has 1 aliphatic heterocycles. The summed E-state index contributed by atoms with van der Waals surface area (Å²) in [4.78, 5) is 2.60. The van der Waals surface area contributed by atoms with Gasteiger partial charge in [-0.1, -0.05) is 13.8 Å². The van der Waals surface area contributed by atoms with Gasteiger partial charge in [-0.3, -0.25) is 4.90 Å². The molecule has 17 heavy (non-hydrogen) atoms. The second-order valence-corrected chi connectivity index (χ2v) is 5.54. The van der Waals surface area contributed by atoms with E-state index in [-0.39, 0.29) is 0 Å². The van der Waals surface area contributed by atoms with Gasteiger partial charge < -0.3 is 10.1 Å². The van der Waals surface area contributed by atoms with Crippen LogP contribution in [0.15, 0.2) is 0 Å². The van der Waals surface area contributed by atoms with Gasteiger partial charge in [0, 0.05) is 19.1 Å². The molecule has 0 radical (unpaired) electrons. The zero-order valence-electron chi connectivity index (χ0n) is 11.5. The summed E-state index contributed by atoms with van der Waals surface area (Å²) >= 11 is 0. The van der Waals surface area contributed by atoms with Crippen molar-refractivity contribution in [3.05, 3.63) is 0 Å². The van der Waals surface area contributed by atoms with Crippen molar-refractivity contribution in [1.82, 2.24) is 10.2 Å². The van der Waals surface area contributed by atoms with Crippen LogP contribution in [0.4, 0.5) is 0 Å². The lowest BCUT2D eigenvalue weighted by Gasteiger charge is -2.37. The molecule has 1 N–H and O–H groups in total. The van der Waals surface area contributed by atoms with Crippen molar-refractivity contribution in [2.75, 3.05) is 26.2 Å². The number of nitrogens with one attached hydrogen (secondary N) is 1. The summed E-state index contributed by atoms with van der Waals surface area (Å²) in [6, 6.07) is 0.853. The molecule has 1 aliphatic carbocycles. The van der Waals surface area contributed by atoms with E-state index in [1.54, 1.807) is 0 Å². The first kappa shape index (κ1) is 13.3. The van der Waals surface area contributed by atoms with Crippen LogP contribution in [0.3, 0.4) is 0 Å². The van der Waals surface area contributed by atoms with Crippen molar-refractivity contribution >= 4 is 0 Å². The number of hydrogen-bond acceptors (Lipinski definition) is 3. The van der Waals surface area contributed by atoms with Crippen LogP contribution >= 0.6 is 0 Å². The lowest BCUT2D eigenvalue weighted by molar-refractivity contribution is -0.0869. The first-order valence-corrected chi connectivity index (χ1v) is 7.43. The molecule has 2 unspecified atom stereocenters. The standard InChI is InChI=1S/C14H28N2O/c1-3-13-10-16(11-14(4-2)17-13)9-5-8-15-12-6-7-12/h12-15H,3-11H2,1-2H3. The van der Waals surface area contributed by atoms with Gasteiger partial charge in [-0.2, -0.15) is 0 Å². The first-order valence-electron chi connectivity index (χ1n) is 7.43. The SMILES string of the molecule is CCC1CN(CCCNC2CC2)CC(CC)O1. The maximum absolute atomic E-state index is 6.01. The maximum atomic E-state index is 6.01. The molecule has 3 heteroatoms. The highest BCUT2D eigenvalue weighted by Gasteiger charge is 2.25. The van der Waals surface area contributed by atoms with E-state index in [1.807, 2.05) is 0 Å². The molecule has 0 bridgehead atoms. The van der Waals surface area contributed by atoms with E-state index in [9.17, 15) is 0 Å². The van der Waals surface area contributed by atoms with E-state index in [2.05, 4.69) is 24.1 Å². The van der Waals surface area contributed by atoms with Gasteiger partial charge in [0.25, 0.3) is 0 Å². The Morgan fingerprint density at radius 2 is 1.76 bits per heavy atom. The summed E-state index contributed by atoms with van der Waals surface area (Å²) in [5.74, 6) is 0. The van der Waals surface area contributed by atoms with Gasteiger partial charge in [0.1, 0.15) is 0 Å². The van der Waals surface area contributed by atoms with Crippen LogP contribution < -0.4 is 5.32 Å². The largest absolute Gasteiger partial charge is 0.372 e. The molecule has 1 saturated heterocycles. The van der Waals surface area contributed by atoms with Crippen LogP contribution in [0.1, 0.15) is 46.0 Å². The smallest absolute Gasteiger partial charge is 0.0703 e. The third kappa shape index (κ3) is 4.57. The van der Waals surface area contributed by atoms with Crippen LogP contribution in [0.25, 0.3) is 0 Å². The average Bonchev–Trinajstić information content (AvgIpc) is 3.18. The van der Waals surface area contributed by atoms with Crippen LogP contribution in [-0.4, -0.2) is 49.3 Å². The normalized spacial score (nSPS) is 30.7. The highest BCUT2D eigenvalue weighted by Crippen LogP contribution is 2.19. The van der Waals surface area contributed by atoms with Gasteiger partial charge >= 0.3 is 0 Å². The van der Waals surface area contributed by atoms with Crippen LogP contribution in [0, 0.1) is 0 Å². The zero-order valence-corrected chi connectivity index (χ0v) is 11.5. The topological polar surface area (TPSA) is 24.5 Å². The molecule has 0 aromatic heterocycles. The maximum Gasteiger partial charge on any atom is 0.0703 e. The van der Waals surface area contributed by atoms with Crippen molar-refractivity contribution in [2.24, 2.45) is 0 Å². The Bertz CT molecular complexity index is 206. The Hall–Kier alpha value is -0.120. The van der Waals surface area contributed by atoms with Crippen LogP contribution in [-0.2, 0) is 4.74 Å². The molecular formula is C14H28N2O. The lowest BCUT2D eigenvalue weighted by atomic mass is 10.1. The Balaban J connectivity index is 1.63. The van der Waals surface area contributed by atoms with Crippen molar-refractivity contribution in [1.29, 1.82) is 0 Å². The summed E-state index contributed by atoms with van der Waals surface area (Å²) in [7, 11) is 0. The second-order valence-electron chi connectivity index (χ2n) is 5.54. The van der Waals surface area contributed by atoms with Gasteiger partial charge in [0.15, 0.2) is 0 Å². The third-order valence-corrected chi connectivity index (χ3v) is 3.88. The zero-order chi connectivity index (χ0) is 12.1. The molecule has 100 valence electrons. The van der Waals surface area contributed by atoms with Crippen LogP contribution in [0.2, 0.25) is 0 Å². The van der Waals surface area contributed by atoms with Crippen molar-refractivity contribution in [2.45, 2.75) is 64.2 Å². The predicted molar refractivity (Wildman–Crippen MR) is 71.3 cm³/mol. The lowest BCUT2D eigenvalue weighted by Crippen LogP contribution is -2.47. The summed E-state index contributed by atoms with van der Waals surface area (Å²) in [6.07, 6.45) is 7.29. The second kappa shape index (κ2) is 6.72. The molecule has 3 nitrogen and oxygen atoms in total. The molecule has 1 saturated carbocycles. The Labute approximate surface area is 106 Å². The number of nitrogens with zero attached hydrogens (tertiary/aromatic N) is 1. The molecule has 0 spiro atoms. The molecule has 2 fully saturated rings. The van der Waals surface area contributed by atoms with Gasteiger partial charge in [-0.05, 0) is 45.2 Å². The molecule has 0 aromatic carbocycles. The van der Waals surface area contributed by atoms with E-state index < -0.39 is 0 Å². The van der Waals surface area contributed by atoms with Crippen molar-refractivity contribution in [3.8, 4) is 0 Å². The molecule has 2 aliphatic rings. The van der Waals surface area contributed by atoms with Crippen molar-refractivity contribution < 1.29 is 4.74 Å². The molecule has 1 heterocycles. The Kier molecular flexibility index (Phi) is 5.26. The fourth-order valence-electron chi connectivity index (χ4n) is 2.54. The van der Waals surface area contributed by atoms with E-state index >= 15 is 0 Å². The van der Waals surface area contributed by atoms with Crippen LogP contribution in [0.5, 0.6) is 0 Å². The minimum Gasteiger partial charge on any atom is -0.372 e. The summed E-state index contributed by atoms with van der Waals surface area (Å²) in [5.41, 5.74) is 0. The Morgan fingerprint density at radius 3 is 2.29 bits per heavy atom. The summed E-state index contributed by atoms with van der Waals surface area (Å²) in [6.45, 7) is 9.16. The molecule has 2 atom stereocenters. The minimum atomic E-state index is 0.463. The van der Waals surface area contributed by atoms with Gasteiger partial charge in [-0.25, -0.2) is 0 Å². The van der Waals surface area contributed by atoms with E-state index in [1.165, 1.54) is 32.4 Å². The van der Waals surface area contributed by atoms with Gasteiger partial charge in [-0.15, -0.1) is 0 Å². The number of rotatable bonds is 7. The monoisotopic (exact) mass is 240 g/mol. The summed E-state index contributed by atoms with van der Waals surface area (Å²) < 4.78 is 6.01. The van der Waals surface area contributed by atoms with E-state index in [0.717, 1.165) is 32.0 Å². The van der Waals surface area contributed by atoms with Gasteiger partial charge in [0.05, 0.1) is 12.2 Å². The first-order chi connectivity index (χ1) is 8.31. The van der Waals surface area contributed by atoms with E-state index in [4.69, 9.17) is 4.74 Å². The molecule has 0 amide bonds. The van der Waals surface area contributed by atoms with Gasteiger partial charge in [0.2, 0.25) is 0 Å². The number of ether oxygens (including phenoxy) is 1. The fraction of sp³-hybridized carbons (Fsp3) is 1.00. The number of morpholine rings is 1. The fourth-order valence-corrected chi connectivity index (χ4v) is 2.54. The quantitative estimate of drug-likeness (QED) is 0.689. The predicted octanol–water partition coefficient (Wildman–Crippen LogP) is 2.02. The third-order valence-electron chi connectivity index (χ3n) is 3.88. The summed E-state index contributed by atoms with van der Waals surface area (Å²) in [5, 5.41) is 3.59. The highest BCUT2D eigenvalue weighted by molar-refractivity contribution is 4.81. The van der Waals surface area contributed by atoms with Crippen molar-refractivity contribution in [3.63, 3.8) is 0 Å². The van der Waals surface area contributed by atoms with E-state index in [0.29, 0.717) is 12.2 Å². The Morgan fingerprint density at radius 1 is 1.12 bits per heavy atom. The molecule has 2 rings (SSSR count). The average molecular weight is 240 g/mol. The highest BCUT2D eigenvalue weighted by atomic mass is 16.5. The molecule has 0 aromatic rings. The minimum absolute atomic E-state index is 0.463. The molecular weight excluding hydrogens is 212 g/mol. The number of hydrogen-bond donors (Lipinski definition) is 1.